The summed E-state index contributed by atoms with van der Waals surface area (Å²) < 4.78 is 0. The molecule has 2 heteroatoms. The minimum Gasteiger partial charge on any atom is -0.366 e. The van der Waals surface area contributed by atoms with Gasteiger partial charge in [-0.25, -0.2) is 0 Å². The number of unbranched alkanes of at least 4 members (excludes halogenated alkanes) is 5. The quantitative estimate of drug-likeness (QED) is 0.366. The molecule has 0 aliphatic rings. The van der Waals surface area contributed by atoms with E-state index >= 15 is 0 Å². The Bertz CT molecular complexity index is 368. The van der Waals surface area contributed by atoms with Crippen LogP contribution in [0.1, 0.15) is 51.0 Å². The van der Waals surface area contributed by atoms with Crippen LogP contribution in [-0.4, -0.2) is 31.4 Å². The van der Waals surface area contributed by atoms with Crippen LogP contribution < -0.4 is 0 Å². The van der Waals surface area contributed by atoms with Crippen LogP contribution in [0.4, 0.5) is 0 Å². The van der Waals surface area contributed by atoms with Crippen LogP contribution in [0.25, 0.3) is 0 Å². The van der Waals surface area contributed by atoms with E-state index in [2.05, 4.69) is 56.3 Å². The third-order valence-corrected chi connectivity index (χ3v) is 3.53. The van der Waals surface area contributed by atoms with E-state index in [-0.39, 0.29) is 0 Å². The van der Waals surface area contributed by atoms with Crippen LogP contribution in [0.15, 0.2) is 35.3 Å². The average molecular weight is 274 g/mol. The van der Waals surface area contributed by atoms with Gasteiger partial charge in [0.1, 0.15) is 5.84 Å². The third kappa shape index (κ3) is 7.32. The number of amidine groups is 1. The fourth-order valence-electron chi connectivity index (χ4n) is 2.23. The van der Waals surface area contributed by atoms with Crippen LogP contribution >= 0.6 is 0 Å². The number of nitrogens with zero attached hydrogens (tertiary/aromatic N) is 2. The second-order valence-corrected chi connectivity index (χ2v) is 5.62. The molecule has 0 amide bonds. The van der Waals surface area contributed by atoms with E-state index in [1.807, 2.05) is 0 Å². The monoisotopic (exact) mass is 274 g/mol. The van der Waals surface area contributed by atoms with Crippen molar-refractivity contribution in [3.05, 3.63) is 35.9 Å². The van der Waals surface area contributed by atoms with Gasteiger partial charge in [0.2, 0.25) is 0 Å². The van der Waals surface area contributed by atoms with E-state index < -0.39 is 0 Å². The summed E-state index contributed by atoms with van der Waals surface area (Å²) in [4.78, 5) is 6.92. The smallest absolute Gasteiger partial charge is 0.103 e. The van der Waals surface area contributed by atoms with Gasteiger partial charge < -0.3 is 4.90 Å². The van der Waals surface area contributed by atoms with E-state index in [0.717, 1.165) is 13.0 Å². The Hall–Kier alpha value is -1.31. The summed E-state index contributed by atoms with van der Waals surface area (Å²) in [6.07, 6.45) is 8.90. The number of likely N-dealkylation sites (N-methyl/N-ethyl adjacent to an activating group) is 1. The Morgan fingerprint density at radius 2 is 1.60 bits per heavy atom. The van der Waals surface area contributed by atoms with Crippen molar-refractivity contribution in [3.8, 4) is 0 Å². The molecule has 0 spiro atoms. The minimum absolute atomic E-state index is 0.934. The highest BCUT2D eigenvalue weighted by Gasteiger charge is 2.03. The van der Waals surface area contributed by atoms with Gasteiger partial charge in [-0.05, 0) is 12.0 Å². The normalized spacial score (nSPS) is 11.7. The number of aliphatic imine (C=N–C) groups is 1. The van der Waals surface area contributed by atoms with Gasteiger partial charge in [0.05, 0.1) is 0 Å². The van der Waals surface area contributed by atoms with Crippen LogP contribution in [0.2, 0.25) is 0 Å². The summed E-state index contributed by atoms with van der Waals surface area (Å²) >= 11 is 0. The number of hydrogen-bond donors (Lipinski definition) is 0. The molecule has 0 heterocycles. The SMILES string of the molecule is CCCCCCCCN=C(Cc1ccccc1)N(C)C. The molecule has 0 saturated heterocycles. The molecule has 0 aromatic heterocycles. The molecule has 0 aliphatic carbocycles. The first-order chi connectivity index (χ1) is 9.74. The Labute approximate surface area is 124 Å². The summed E-state index contributed by atoms with van der Waals surface area (Å²) in [7, 11) is 4.17. The molecule has 1 aromatic rings. The lowest BCUT2D eigenvalue weighted by Gasteiger charge is -2.16. The maximum Gasteiger partial charge on any atom is 0.103 e. The van der Waals surface area contributed by atoms with Crippen molar-refractivity contribution in [2.45, 2.75) is 51.9 Å². The number of benzene rings is 1. The van der Waals surface area contributed by atoms with E-state index in [1.165, 1.54) is 49.9 Å². The first-order valence-corrected chi connectivity index (χ1v) is 7.98. The Morgan fingerprint density at radius 3 is 2.25 bits per heavy atom. The zero-order valence-corrected chi connectivity index (χ0v) is 13.4. The van der Waals surface area contributed by atoms with Crippen molar-refractivity contribution in [3.63, 3.8) is 0 Å². The van der Waals surface area contributed by atoms with Gasteiger partial charge in [-0.2, -0.15) is 0 Å². The molecule has 0 atom stereocenters. The van der Waals surface area contributed by atoms with Crippen molar-refractivity contribution in [2.24, 2.45) is 4.99 Å². The van der Waals surface area contributed by atoms with Gasteiger partial charge in [0.15, 0.2) is 0 Å². The molecule has 112 valence electrons. The lowest BCUT2D eigenvalue weighted by atomic mass is 10.1. The van der Waals surface area contributed by atoms with Gasteiger partial charge in [-0.1, -0.05) is 69.4 Å². The van der Waals surface area contributed by atoms with Crippen molar-refractivity contribution in [2.75, 3.05) is 20.6 Å². The molecular weight excluding hydrogens is 244 g/mol. The second-order valence-electron chi connectivity index (χ2n) is 5.62. The molecule has 0 bridgehead atoms. The first kappa shape index (κ1) is 16.7. The van der Waals surface area contributed by atoms with Crippen LogP contribution in [0.5, 0.6) is 0 Å². The highest BCUT2D eigenvalue weighted by molar-refractivity contribution is 5.84. The Morgan fingerprint density at radius 1 is 0.950 bits per heavy atom. The van der Waals surface area contributed by atoms with Crippen molar-refractivity contribution in [1.82, 2.24) is 4.90 Å². The third-order valence-electron chi connectivity index (χ3n) is 3.53. The lowest BCUT2D eigenvalue weighted by molar-refractivity contribution is 0.590. The molecule has 2 nitrogen and oxygen atoms in total. The van der Waals surface area contributed by atoms with E-state index in [0.29, 0.717) is 0 Å². The zero-order chi connectivity index (χ0) is 14.6. The highest BCUT2D eigenvalue weighted by atomic mass is 15.1. The number of rotatable bonds is 9. The summed E-state index contributed by atoms with van der Waals surface area (Å²) in [5, 5.41) is 0. The van der Waals surface area contributed by atoms with Gasteiger partial charge >= 0.3 is 0 Å². The summed E-state index contributed by atoms with van der Waals surface area (Å²) in [5.41, 5.74) is 1.34. The molecular formula is C18H30N2. The van der Waals surface area contributed by atoms with E-state index in [1.54, 1.807) is 0 Å². The molecule has 0 aliphatic heterocycles. The van der Waals surface area contributed by atoms with E-state index in [9.17, 15) is 0 Å². The maximum atomic E-state index is 4.78. The molecule has 20 heavy (non-hydrogen) atoms. The highest BCUT2D eigenvalue weighted by Crippen LogP contribution is 2.06. The lowest BCUT2D eigenvalue weighted by Crippen LogP contribution is -2.24. The standard InChI is InChI=1S/C18H30N2/c1-4-5-6-7-8-12-15-19-18(20(2)3)16-17-13-10-9-11-14-17/h9-11,13-14H,4-8,12,15-16H2,1-3H3. The Balaban J connectivity index is 2.32. The van der Waals surface area contributed by atoms with Crippen LogP contribution in [-0.2, 0) is 6.42 Å². The minimum atomic E-state index is 0.934. The van der Waals surface area contributed by atoms with Crippen LogP contribution in [0.3, 0.4) is 0 Å². The summed E-state index contributed by atoms with van der Waals surface area (Å²) in [6, 6.07) is 10.6. The van der Waals surface area contributed by atoms with Crippen LogP contribution in [0, 0.1) is 0 Å². The second kappa shape index (κ2) is 10.5. The zero-order valence-electron chi connectivity index (χ0n) is 13.4. The largest absolute Gasteiger partial charge is 0.366 e. The van der Waals surface area contributed by atoms with Crippen molar-refractivity contribution >= 4 is 5.84 Å². The fourth-order valence-corrected chi connectivity index (χ4v) is 2.23. The fraction of sp³-hybridized carbons (Fsp3) is 0.611. The summed E-state index contributed by atoms with van der Waals surface area (Å²) in [5.74, 6) is 1.18. The van der Waals surface area contributed by atoms with Gasteiger partial charge in [0, 0.05) is 27.1 Å². The predicted molar refractivity (Wildman–Crippen MR) is 89.5 cm³/mol. The van der Waals surface area contributed by atoms with Crippen molar-refractivity contribution in [1.29, 1.82) is 0 Å². The topological polar surface area (TPSA) is 15.6 Å². The predicted octanol–water partition coefficient (Wildman–Crippen LogP) is 4.55. The van der Waals surface area contributed by atoms with Gasteiger partial charge in [-0.3, -0.25) is 4.99 Å². The molecule has 0 unspecified atom stereocenters. The van der Waals surface area contributed by atoms with Gasteiger partial charge in [0.25, 0.3) is 0 Å². The van der Waals surface area contributed by atoms with Crippen molar-refractivity contribution < 1.29 is 0 Å². The molecule has 0 saturated carbocycles. The molecule has 0 radical (unpaired) electrons. The molecule has 1 rings (SSSR count). The first-order valence-electron chi connectivity index (χ1n) is 7.98. The maximum absolute atomic E-state index is 4.78. The van der Waals surface area contributed by atoms with E-state index in [4.69, 9.17) is 4.99 Å². The number of hydrogen-bond acceptors (Lipinski definition) is 1. The summed E-state index contributed by atoms with van der Waals surface area (Å²) in [6.45, 7) is 3.23. The average Bonchev–Trinajstić information content (AvgIpc) is 2.46. The molecule has 0 fully saturated rings. The van der Waals surface area contributed by atoms with Gasteiger partial charge in [-0.15, -0.1) is 0 Å². The Kier molecular flexibility index (Phi) is 8.77. The molecule has 1 aromatic carbocycles. The molecule has 0 N–H and O–H groups in total.